The Morgan fingerprint density at radius 2 is 2.38 bits per heavy atom. The second kappa shape index (κ2) is 5.73. The Kier molecular flexibility index (Phi) is 3.95. The van der Waals surface area contributed by atoms with Gasteiger partial charge < -0.3 is 4.74 Å². The number of fused-ring (bicyclic) bond motifs is 1. The lowest BCUT2D eigenvalue weighted by Gasteiger charge is -2.07. The minimum absolute atomic E-state index is 0.0900. The molecule has 1 heterocycles. The van der Waals surface area contributed by atoms with Crippen LogP contribution in [-0.4, -0.2) is 17.6 Å². The molecule has 0 N–H and O–H groups in total. The molecule has 0 amide bonds. The first-order chi connectivity index (χ1) is 10.1. The van der Waals surface area contributed by atoms with Gasteiger partial charge >= 0.3 is 5.97 Å². The van der Waals surface area contributed by atoms with Crippen LogP contribution in [0.3, 0.4) is 0 Å². The van der Waals surface area contributed by atoms with Crippen LogP contribution < -0.4 is 0 Å². The highest BCUT2D eigenvalue weighted by Crippen LogP contribution is 2.40. The highest BCUT2D eigenvalue weighted by molar-refractivity contribution is 7.15. The fourth-order valence-corrected chi connectivity index (χ4v) is 3.70. The van der Waals surface area contributed by atoms with E-state index in [4.69, 9.17) is 16.3 Å². The summed E-state index contributed by atoms with van der Waals surface area (Å²) < 4.78 is 18.6. The second-order valence-corrected chi connectivity index (χ2v) is 6.29. The lowest BCUT2D eigenvalue weighted by Crippen LogP contribution is -2.14. The van der Waals surface area contributed by atoms with E-state index in [-0.39, 0.29) is 16.9 Å². The zero-order chi connectivity index (χ0) is 15.0. The van der Waals surface area contributed by atoms with Gasteiger partial charge in [0.25, 0.3) is 0 Å². The first-order valence-corrected chi connectivity index (χ1v) is 7.91. The first-order valence-electron chi connectivity index (χ1n) is 6.71. The van der Waals surface area contributed by atoms with Crippen molar-refractivity contribution in [3.63, 3.8) is 0 Å². The van der Waals surface area contributed by atoms with Crippen molar-refractivity contribution in [3.8, 4) is 10.6 Å². The van der Waals surface area contributed by atoms with Gasteiger partial charge in [0, 0.05) is 10.4 Å². The van der Waals surface area contributed by atoms with Crippen LogP contribution in [0.4, 0.5) is 4.39 Å². The number of aryl methyl sites for hydroxylation is 1. The molecule has 3 nitrogen and oxygen atoms in total. The molecule has 3 rings (SSSR count). The fourth-order valence-electron chi connectivity index (χ4n) is 2.45. The van der Waals surface area contributed by atoms with Crippen molar-refractivity contribution in [2.24, 2.45) is 0 Å². The molecule has 1 aliphatic rings. The number of aromatic nitrogens is 1. The third-order valence-corrected chi connectivity index (χ3v) is 4.94. The van der Waals surface area contributed by atoms with E-state index in [0.29, 0.717) is 17.2 Å². The minimum atomic E-state index is -0.466. The molecule has 1 atom stereocenters. The van der Waals surface area contributed by atoms with Gasteiger partial charge in [-0.15, -0.1) is 11.3 Å². The second-order valence-electron chi connectivity index (χ2n) is 4.80. The van der Waals surface area contributed by atoms with Crippen LogP contribution in [0, 0.1) is 5.82 Å². The number of nitrogens with zero attached hydrogens (tertiary/aromatic N) is 1. The number of hydrogen-bond acceptors (Lipinski definition) is 4. The Labute approximate surface area is 130 Å². The third kappa shape index (κ3) is 2.68. The van der Waals surface area contributed by atoms with Gasteiger partial charge in [-0.05, 0) is 31.9 Å². The molecule has 1 unspecified atom stereocenters. The maximum atomic E-state index is 13.5. The van der Waals surface area contributed by atoms with Crippen LogP contribution in [0.2, 0.25) is 5.02 Å². The molecule has 6 heteroatoms. The zero-order valence-corrected chi connectivity index (χ0v) is 12.9. The van der Waals surface area contributed by atoms with Crippen molar-refractivity contribution in [1.82, 2.24) is 4.98 Å². The number of carbonyl (C=O) groups excluding carboxylic acids is 1. The average molecular weight is 326 g/mol. The molecule has 1 aromatic carbocycles. The van der Waals surface area contributed by atoms with Crippen LogP contribution in [0.25, 0.3) is 10.6 Å². The summed E-state index contributed by atoms with van der Waals surface area (Å²) in [6.45, 7) is 2.15. The molecule has 0 saturated heterocycles. The van der Waals surface area contributed by atoms with E-state index in [9.17, 15) is 9.18 Å². The lowest BCUT2D eigenvalue weighted by molar-refractivity contribution is -0.145. The topological polar surface area (TPSA) is 39.2 Å². The van der Waals surface area contributed by atoms with E-state index in [1.807, 2.05) is 0 Å². The van der Waals surface area contributed by atoms with Crippen LogP contribution >= 0.6 is 22.9 Å². The molecule has 1 aromatic heterocycles. The van der Waals surface area contributed by atoms with E-state index >= 15 is 0 Å². The maximum Gasteiger partial charge on any atom is 0.315 e. The highest BCUT2D eigenvalue weighted by atomic mass is 35.5. The predicted octanol–water partition coefficient (Wildman–Crippen LogP) is 4.20. The molecule has 21 heavy (non-hydrogen) atoms. The number of halogens is 2. The van der Waals surface area contributed by atoms with Crippen LogP contribution in [-0.2, 0) is 16.0 Å². The quantitative estimate of drug-likeness (QED) is 0.794. The Bertz CT molecular complexity index is 701. The van der Waals surface area contributed by atoms with Crippen molar-refractivity contribution >= 4 is 28.9 Å². The molecule has 0 radical (unpaired) electrons. The predicted molar refractivity (Wildman–Crippen MR) is 80.2 cm³/mol. The Morgan fingerprint density at radius 1 is 1.57 bits per heavy atom. The number of rotatable bonds is 3. The zero-order valence-electron chi connectivity index (χ0n) is 11.4. The summed E-state index contributed by atoms with van der Waals surface area (Å²) in [4.78, 5) is 17.5. The van der Waals surface area contributed by atoms with Crippen molar-refractivity contribution in [3.05, 3.63) is 39.6 Å². The molecule has 0 fully saturated rings. The van der Waals surface area contributed by atoms with Crippen molar-refractivity contribution in [2.45, 2.75) is 25.7 Å². The standard InChI is InChI=1S/C15H13ClFNO2S/c1-2-20-15(19)9-4-6-12-13(9)18-14(21-12)8-3-5-10(16)11(17)7-8/h3,5,7,9H,2,4,6H2,1H3. The number of esters is 1. The molecule has 0 saturated carbocycles. The molecular formula is C15H13ClFNO2S. The van der Waals surface area contributed by atoms with E-state index in [0.717, 1.165) is 23.4 Å². The number of thiazole rings is 1. The first kappa shape index (κ1) is 14.5. The Balaban J connectivity index is 1.92. The van der Waals surface area contributed by atoms with Crippen molar-refractivity contribution in [2.75, 3.05) is 6.61 Å². The summed E-state index contributed by atoms with van der Waals surface area (Å²) >= 11 is 7.19. The smallest absolute Gasteiger partial charge is 0.315 e. The highest BCUT2D eigenvalue weighted by Gasteiger charge is 2.33. The summed E-state index contributed by atoms with van der Waals surface area (Å²) in [6.07, 6.45) is 1.55. The Hall–Kier alpha value is -1.46. The van der Waals surface area contributed by atoms with Crippen LogP contribution in [0.1, 0.15) is 29.8 Å². The molecule has 110 valence electrons. The van der Waals surface area contributed by atoms with Gasteiger partial charge in [0.05, 0.1) is 17.3 Å². The van der Waals surface area contributed by atoms with Gasteiger partial charge in [-0.2, -0.15) is 0 Å². The summed E-state index contributed by atoms with van der Waals surface area (Å²) in [5, 5.41) is 0.803. The van der Waals surface area contributed by atoms with E-state index < -0.39 is 5.82 Å². The monoisotopic (exact) mass is 325 g/mol. The summed E-state index contributed by atoms with van der Waals surface area (Å²) in [5.41, 5.74) is 1.46. The number of hydrogen-bond donors (Lipinski definition) is 0. The molecule has 0 aliphatic heterocycles. The van der Waals surface area contributed by atoms with Gasteiger partial charge in [-0.1, -0.05) is 17.7 Å². The average Bonchev–Trinajstić information content (AvgIpc) is 3.01. The van der Waals surface area contributed by atoms with Crippen molar-refractivity contribution in [1.29, 1.82) is 0 Å². The SMILES string of the molecule is CCOC(=O)C1CCc2sc(-c3ccc(Cl)c(F)c3)nc21. The molecule has 1 aliphatic carbocycles. The van der Waals surface area contributed by atoms with Crippen molar-refractivity contribution < 1.29 is 13.9 Å². The van der Waals surface area contributed by atoms with Gasteiger partial charge in [0.2, 0.25) is 0 Å². The lowest BCUT2D eigenvalue weighted by atomic mass is 10.1. The normalized spacial score (nSPS) is 16.8. The van der Waals surface area contributed by atoms with Gasteiger partial charge in [-0.3, -0.25) is 4.79 Å². The van der Waals surface area contributed by atoms with E-state index in [1.165, 1.54) is 23.5 Å². The fraction of sp³-hybridized carbons (Fsp3) is 0.333. The summed E-state index contributed by atoms with van der Waals surface area (Å²) in [6, 6.07) is 4.62. The Morgan fingerprint density at radius 3 is 3.10 bits per heavy atom. The van der Waals surface area contributed by atoms with Crippen LogP contribution in [0.15, 0.2) is 18.2 Å². The van der Waals surface area contributed by atoms with Gasteiger partial charge in [0.1, 0.15) is 16.7 Å². The molecule has 0 bridgehead atoms. The number of ether oxygens (including phenoxy) is 1. The third-order valence-electron chi connectivity index (χ3n) is 3.46. The van der Waals surface area contributed by atoms with E-state index in [1.54, 1.807) is 13.0 Å². The number of carbonyl (C=O) groups is 1. The number of benzene rings is 1. The van der Waals surface area contributed by atoms with Gasteiger partial charge in [0.15, 0.2) is 0 Å². The largest absolute Gasteiger partial charge is 0.465 e. The van der Waals surface area contributed by atoms with E-state index in [2.05, 4.69) is 4.98 Å². The summed E-state index contributed by atoms with van der Waals surface area (Å²) in [7, 11) is 0. The van der Waals surface area contributed by atoms with Crippen LogP contribution in [0.5, 0.6) is 0 Å². The summed E-state index contributed by atoms with van der Waals surface area (Å²) in [5.74, 6) is -0.982. The molecular weight excluding hydrogens is 313 g/mol. The molecule has 0 spiro atoms. The maximum absolute atomic E-state index is 13.5. The minimum Gasteiger partial charge on any atom is -0.465 e. The molecule has 2 aromatic rings. The van der Waals surface area contributed by atoms with Gasteiger partial charge in [-0.25, -0.2) is 9.37 Å².